The smallest absolute Gasteiger partial charge is 0.132 e. The fourth-order valence-electron chi connectivity index (χ4n) is 23.3. The number of anilines is 5. The largest absolute Gasteiger partial charge is 0.457 e. The van der Waals surface area contributed by atoms with Crippen LogP contribution in [-0.2, 0) is 10.8 Å². The zero-order valence-corrected chi connectivity index (χ0v) is 78.7. The summed E-state index contributed by atoms with van der Waals surface area (Å²) in [6.45, 7) is 0. The Labute approximate surface area is 835 Å². The molecule has 9 heteroatoms. The molecule has 2 aliphatic heterocycles. The van der Waals surface area contributed by atoms with Gasteiger partial charge in [-0.3, -0.25) is 0 Å². The van der Waals surface area contributed by atoms with E-state index in [1.54, 1.807) is 0 Å². The molecule has 26 aromatic rings. The number of hydrogen-bond acceptors (Lipinski definition) is 4. The number of ether oxygens (including phenoxy) is 2. The van der Waals surface area contributed by atoms with E-state index in [0.29, 0.717) is 0 Å². The first-order chi connectivity index (χ1) is 69.7. The van der Waals surface area contributed by atoms with E-state index in [2.05, 4.69) is 525 Å². The van der Waals surface area contributed by atoms with Gasteiger partial charge in [-0.05, 0) is 251 Å². The van der Waals surface area contributed by atoms with E-state index in [4.69, 9.17) is 21.1 Å². The van der Waals surface area contributed by atoms with E-state index in [1.807, 2.05) is 24.3 Å². The van der Waals surface area contributed by atoms with Gasteiger partial charge in [0.25, 0.3) is 0 Å². The van der Waals surface area contributed by atoms with Gasteiger partial charge >= 0.3 is 0 Å². The van der Waals surface area contributed by atoms with Crippen LogP contribution in [-0.4, -0.2) is 13.7 Å². The molecule has 30 rings (SSSR count). The van der Waals surface area contributed by atoms with Crippen molar-refractivity contribution in [3.63, 3.8) is 0 Å². The lowest BCUT2D eigenvalue weighted by Gasteiger charge is -2.45. The molecule has 5 heterocycles. The number of halogens is 2. The Hall–Kier alpha value is -17.5. The molecule has 4 aliphatic rings. The molecule has 0 fully saturated rings. The summed E-state index contributed by atoms with van der Waals surface area (Å²) in [6.07, 6.45) is 0. The average Bonchev–Trinajstić information content (AvgIpc) is 0.899. The van der Waals surface area contributed by atoms with Crippen LogP contribution >= 0.6 is 27.5 Å². The fourth-order valence-corrected chi connectivity index (χ4v) is 23.8. The number of hydrogen-bond donors (Lipinski definition) is 1. The van der Waals surface area contributed by atoms with Crippen LogP contribution in [0.25, 0.3) is 148 Å². The molecule has 142 heavy (non-hydrogen) atoms. The van der Waals surface area contributed by atoms with Gasteiger partial charge in [-0.2, -0.15) is 0 Å². The average molecular weight is 1900 g/mol. The molecule has 2 spiro atoms. The number of nitrogens with zero attached hydrogens (tertiary/aromatic N) is 4. The minimum atomic E-state index is -0.649. The second-order valence-corrected chi connectivity index (χ2v) is 38.1. The predicted molar refractivity (Wildman–Crippen MR) is 597 cm³/mol. The molecule has 7 nitrogen and oxygen atoms in total. The molecule has 0 amide bonds. The van der Waals surface area contributed by atoms with Crippen molar-refractivity contribution in [2.24, 2.45) is 0 Å². The summed E-state index contributed by atoms with van der Waals surface area (Å²) in [5.41, 5.74) is 29.6. The topological polar surface area (TPSA) is 48.5 Å². The van der Waals surface area contributed by atoms with Crippen LogP contribution in [0.5, 0.6) is 23.0 Å². The van der Waals surface area contributed by atoms with Crippen LogP contribution in [0.4, 0.5) is 28.4 Å². The molecule has 1 N–H and O–H groups in total. The van der Waals surface area contributed by atoms with Gasteiger partial charge in [0.15, 0.2) is 0 Å². The summed E-state index contributed by atoms with van der Waals surface area (Å²) in [4.78, 5) is 2.45. The molecule has 0 unspecified atom stereocenters. The van der Waals surface area contributed by atoms with Crippen molar-refractivity contribution in [1.82, 2.24) is 13.7 Å². The summed E-state index contributed by atoms with van der Waals surface area (Å²) in [7, 11) is 0. The molecule has 0 saturated heterocycles. The van der Waals surface area contributed by atoms with Gasteiger partial charge in [0.1, 0.15) is 23.0 Å². The van der Waals surface area contributed by atoms with Crippen molar-refractivity contribution in [3.8, 4) is 62.3 Å². The summed E-state index contributed by atoms with van der Waals surface area (Å²) in [5, 5.41) is 21.9. The highest BCUT2D eigenvalue weighted by atomic mass is 79.9. The van der Waals surface area contributed by atoms with E-state index in [1.165, 1.54) is 159 Å². The van der Waals surface area contributed by atoms with Crippen LogP contribution < -0.4 is 19.7 Å². The highest BCUT2D eigenvalue weighted by Crippen LogP contribution is 2.64. The number of nitrogens with one attached hydrogen (secondary N) is 1. The molecule has 0 radical (unpaired) electrons. The summed E-state index contributed by atoms with van der Waals surface area (Å²) in [5.74, 6) is 3.55. The van der Waals surface area contributed by atoms with Gasteiger partial charge in [0, 0.05) is 110 Å². The van der Waals surface area contributed by atoms with E-state index in [9.17, 15) is 0 Å². The van der Waals surface area contributed by atoms with Gasteiger partial charge < -0.3 is 33.4 Å². The SMILES string of the molecule is Brc1ccc2c3ccccc3n(-c3ccccc3)c2c1.C.Clc1ccc2c(c1)C1(c3ccccc3Oc3ccccc31)c1cccc3cccc-2c13.c1ccc(-n2c3ccccc3c3ccc(N(c4ccc5c(c4)C4(c6ccccc6Oc6ccccc64)c4cccc6cccc-5c46)c4ccc5ccccc5c4)cc32)cc1.c1ccc(-n2c3ccccc3c3ccc(Nc4ccc5ccccc5c4)cc32)cc1. The van der Waals surface area contributed by atoms with Crippen LogP contribution in [0.2, 0.25) is 5.02 Å². The maximum absolute atomic E-state index is 6.76. The van der Waals surface area contributed by atoms with Crippen molar-refractivity contribution in [1.29, 1.82) is 0 Å². The Morgan fingerprint density at radius 3 is 1.06 bits per heavy atom. The first kappa shape index (κ1) is 84.9. The molecule has 0 saturated carbocycles. The van der Waals surface area contributed by atoms with Gasteiger partial charge in [0.2, 0.25) is 0 Å². The van der Waals surface area contributed by atoms with E-state index in [-0.39, 0.29) is 7.43 Å². The lowest BCUT2D eigenvalue weighted by molar-refractivity contribution is 0.435. The molecular weight excluding hydrogens is 1810 g/mol. The minimum Gasteiger partial charge on any atom is -0.457 e. The number of fused-ring (bicyclic) bond motifs is 27. The standard InChI is InChI=1S/C57H36N2O.C29H17ClO.C28H20N2.C18H12BrN.CH4/c1-2-18-40(19-3-1)59-52-25-9-6-20-45(52)46-33-31-43(36-53(46)59)58(41-29-28-37-14-4-5-15-39(37)34-41)42-30-32-44-47-21-12-16-38-17-13-24-50(56(38)47)57(51(44)35-42)48-22-7-10-26-54(48)60-55-27-11-8-23-49(55)57;30-19-15-16-20-21-9-5-7-18-8-6-12-24(28(18)21)29(25(20)17-19)22-10-1-3-13-26(22)31-27-14-4-2-11-23(27)29;1-2-10-24(11-3-1)30-27-13-7-6-12-25(27)26-17-16-23(19-28(26)30)29-22-15-14-20-8-4-5-9-21(20)18-22;19-13-10-11-16-15-8-4-5-9-17(15)20(18(16)12-13)14-6-2-1-3-7-14;/h1-36H;1-17H;1-19,29H;1-12H;1H4. The quantitative estimate of drug-likeness (QED) is 0.165. The van der Waals surface area contributed by atoms with Crippen LogP contribution in [0.3, 0.4) is 0 Å². The first-order valence-corrected chi connectivity index (χ1v) is 49.1. The molecule has 2 aliphatic carbocycles. The Bertz CT molecular complexity index is 9450. The zero-order valence-electron chi connectivity index (χ0n) is 76.4. The highest BCUT2D eigenvalue weighted by Gasteiger charge is 2.52. The van der Waals surface area contributed by atoms with Crippen LogP contribution in [0.15, 0.2) is 514 Å². The number of aromatic nitrogens is 3. The summed E-state index contributed by atoms with van der Waals surface area (Å²) >= 11 is 10.2. The summed E-state index contributed by atoms with van der Waals surface area (Å²) < 4.78 is 21.3. The van der Waals surface area contributed by atoms with Crippen LogP contribution in [0, 0.1) is 0 Å². The normalized spacial score (nSPS) is 12.7. The Morgan fingerprint density at radius 2 is 0.556 bits per heavy atom. The third kappa shape index (κ3) is 13.6. The van der Waals surface area contributed by atoms with Crippen LogP contribution in [0.1, 0.15) is 51.9 Å². The Kier molecular flexibility index (Phi) is 20.7. The van der Waals surface area contributed by atoms with Gasteiger partial charge in [-0.25, -0.2) is 0 Å². The Morgan fingerprint density at radius 1 is 0.225 bits per heavy atom. The third-order valence-corrected chi connectivity index (χ3v) is 29.9. The summed E-state index contributed by atoms with van der Waals surface area (Å²) in [6, 6.07) is 183. The van der Waals surface area contributed by atoms with Crippen molar-refractivity contribution >= 4 is 164 Å². The second kappa shape index (κ2) is 34.6. The molecular formula is C133H89BrClN5O2. The van der Waals surface area contributed by atoms with E-state index in [0.717, 1.165) is 94.4 Å². The van der Waals surface area contributed by atoms with Crippen molar-refractivity contribution in [2.75, 3.05) is 10.2 Å². The fraction of sp³-hybridized carbons (Fsp3) is 0.0226. The maximum atomic E-state index is 6.76. The van der Waals surface area contributed by atoms with Crippen molar-refractivity contribution < 1.29 is 9.47 Å². The molecule has 3 aromatic heterocycles. The predicted octanol–water partition coefficient (Wildman–Crippen LogP) is 36.9. The lowest BCUT2D eigenvalue weighted by Crippen LogP contribution is -2.36. The number of para-hydroxylation sites is 10. The second-order valence-electron chi connectivity index (χ2n) is 36.7. The zero-order chi connectivity index (χ0) is 93.4. The third-order valence-electron chi connectivity index (χ3n) is 29.2. The van der Waals surface area contributed by atoms with Gasteiger partial charge in [-0.15, -0.1) is 0 Å². The molecule has 0 atom stereocenters. The van der Waals surface area contributed by atoms with E-state index < -0.39 is 10.8 Å². The van der Waals surface area contributed by atoms with Crippen molar-refractivity contribution in [3.05, 3.63) is 564 Å². The van der Waals surface area contributed by atoms with Gasteiger partial charge in [-0.1, -0.05) is 381 Å². The number of benzene rings is 23. The molecule has 672 valence electrons. The molecule has 0 bridgehead atoms. The number of rotatable bonds is 8. The van der Waals surface area contributed by atoms with Gasteiger partial charge in [0.05, 0.1) is 43.9 Å². The molecule has 23 aromatic carbocycles. The highest BCUT2D eigenvalue weighted by molar-refractivity contribution is 9.10. The Balaban J connectivity index is 0.000000106. The van der Waals surface area contributed by atoms with Crippen molar-refractivity contribution in [2.45, 2.75) is 18.3 Å². The minimum absolute atomic E-state index is 0. The monoisotopic (exact) mass is 1900 g/mol. The van der Waals surface area contributed by atoms with E-state index >= 15 is 0 Å². The first-order valence-electron chi connectivity index (χ1n) is 47.9. The maximum Gasteiger partial charge on any atom is 0.132 e. The lowest BCUT2D eigenvalue weighted by atomic mass is 9.58.